The summed E-state index contributed by atoms with van der Waals surface area (Å²) in [4.78, 5) is 16.5. The number of amides is 1. The van der Waals surface area contributed by atoms with Crippen molar-refractivity contribution in [3.05, 3.63) is 46.8 Å². The Labute approximate surface area is 137 Å². The lowest BCUT2D eigenvalue weighted by atomic mass is 9.88. The number of rotatable bonds is 4. The molecule has 1 aromatic carbocycles. The maximum Gasteiger partial charge on any atom is 0.225 e. The van der Waals surface area contributed by atoms with E-state index in [1.807, 2.05) is 0 Å². The number of nitrogens with zero attached hydrogens (tertiary/aromatic N) is 2. The van der Waals surface area contributed by atoms with Crippen molar-refractivity contribution in [3.8, 4) is 0 Å². The van der Waals surface area contributed by atoms with Crippen LogP contribution in [0.1, 0.15) is 24.2 Å². The predicted octanol–water partition coefficient (Wildman–Crippen LogP) is 2.23. The van der Waals surface area contributed by atoms with Crippen LogP contribution in [-0.2, 0) is 21.5 Å². The van der Waals surface area contributed by atoms with Crippen molar-refractivity contribution in [1.82, 2.24) is 15.5 Å². The molecule has 1 aliphatic heterocycles. The molecule has 2 aromatic rings. The Balaban J connectivity index is 1.79. The number of aromatic nitrogens is 2. The number of benzene rings is 1. The molecule has 6 nitrogen and oxygen atoms in total. The van der Waals surface area contributed by atoms with Gasteiger partial charge in [-0.25, -0.2) is 4.39 Å². The topological polar surface area (TPSA) is 77.3 Å². The monoisotopic (exact) mass is 339 g/mol. The van der Waals surface area contributed by atoms with Gasteiger partial charge in [-0.1, -0.05) is 22.8 Å². The second-order valence-electron chi connectivity index (χ2n) is 5.37. The van der Waals surface area contributed by atoms with Crippen molar-refractivity contribution < 1.29 is 18.4 Å². The quantitative estimate of drug-likeness (QED) is 0.924. The summed E-state index contributed by atoms with van der Waals surface area (Å²) in [6.45, 7) is 0.935. The molecular weight excluding hydrogens is 325 g/mol. The first kappa shape index (κ1) is 15.9. The number of ether oxygens (including phenoxy) is 1. The third-order valence-electron chi connectivity index (χ3n) is 3.91. The van der Waals surface area contributed by atoms with Crippen LogP contribution in [0.4, 0.5) is 4.39 Å². The van der Waals surface area contributed by atoms with Gasteiger partial charge < -0.3 is 14.6 Å². The molecule has 1 fully saturated rings. The summed E-state index contributed by atoms with van der Waals surface area (Å²) >= 11 is 5.97. The van der Waals surface area contributed by atoms with Gasteiger partial charge in [-0.15, -0.1) is 0 Å². The highest BCUT2D eigenvalue weighted by atomic mass is 35.5. The minimum absolute atomic E-state index is 0.161. The van der Waals surface area contributed by atoms with Crippen LogP contribution in [-0.4, -0.2) is 29.3 Å². The van der Waals surface area contributed by atoms with E-state index in [0.717, 1.165) is 0 Å². The molecule has 0 spiro atoms. The van der Waals surface area contributed by atoms with Gasteiger partial charge in [0, 0.05) is 36.6 Å². The summed E-state index contributed by atoms with van der Waals surface area (Å²) in [7, 11) is 0. The van der Waals surface area contributed by atoms with Gasteiger partial charge in [-0.05, 0) is 12.1 Å². The van der Waals surface area contributed by atoms with E-state index in [2.05, 4.69) is 15.5 Å². The molecular formula is C15H15ClFN3O3. The van der Waals surface area contributed by atoms with Gasteiger partial charge >= 0.3 is 0 Å². The van der Waals surface area contributed by atoms with Crippen LogP contribution < -0.4 is 5.32 Å². The van der Waals surface area contributed by atoms with Crippen LogP contribution in [0.25, 0.3) is 0 Å². The van der Waals surface area contributed by atoms with Crippen LogP contribution >= 0.6 is 11.6 Å². The Morgan fingerprint density at radius 2 is 2.17 bits per heavy atom. The van der Waals surface area contributed by atoms with Crippen LogP contribution in [0.5, 0.6) is 0 Å². The summed E-state index contributed by atoms with van der Waals surface area (Å²) in [5.74, 6) is -0.467. The molecule has 1 aliphatic rings. The lowest BCUT2D eigenvalue weighted by Crippen LogP contribution is -2.50. The van der Waals surface area contributed by atoms with Gasteiger partial charge in [0.25, 0.3) is 0 Å². The lowest BCUT2D eigenvalue weighted by Gasteiger charge is -2.35. The highest BCUT2D eigenvalue weighted by Gasteiger charge is 2.39. The molecule has 0 aliphatic carbocycles. The zero-order chi connectivity index (χ0) is 16.3. The van der Waals surface area contributed by atoms with Crippen LogP contribution in [0, 0.1) is 5.82 Å². The summed E-state index contributed by atoms with van der Waals surface area (Å²) in [5, 5.41) is 6.98. The first-order valence-electron chi connectivity index (χ1n) is 7.19. The summed E-state index contributed by atoms with van der Waals surface area (Å²) < 4.78 is 24.0. The number of carbonyl (C=O) groups is 1. The second-order valence-corrected chi connectivity index (χ2v) is 5.78. The summed E-state index contributed by atoms with van der Waals surface area (Å²) in [5.41, 5.74) is -0.595. The molecule has 122 valence electrons. The third-order valence-corrected chi connectivity index (χ3v) is 4.27. The van der Waals surface area contributed by atoms with E-state index in [-0.39, 0.29) is 22.9 Å². The fraction of sp³-hybridized carbons (Fsp3) is 0.400. The second kappa shape index (κ2) is 6.64. The maximum atomic E-state index is 13.8. The maximum absolute atomic E-state index is 13.8. The van der Waals surface area contributed by atoms with Gasteiger partial charge in [0.1, 0.15) is 11.4 Å². The predicted molar refractivity (Wildman–Crippen MR) is 79.3 cm³/mol. The van der Waals surface area contributed by atoms with Crippen molar-refractivity contribution in [2.45, 2.75) is 24.8 Å². The van der Waals surface area contributed by atoms with Gasteiger partial charge in [0.2, 0.25) is 12.3 Å². The zero-order valence-corrected chi connectivity index (χ0v) is 13.0. The van der Waals surface area contributed by atoms with E-state index in [4.69, 9.17) is 20.9 Å². The van der Waals surface area contributed by atoms with Crippen molar-refractivity contribution in [2.24, 2.45) is 0 Å². The molecule has 3 rings (SSSR count). The molecule has 0 unspecified atom stereocenters. The van der Waals surface area contributed by atoms with Gasteiger partial charge in [0.05, 0.1) is 6.42 Å². The molecule has 0 atom stereocenters. The van der Waals surface area contributed by atoms with Crippen LogP contribution in [0.15, 0.2) is 29.1 Å². The Hall–Kier alpha value is -1.99. The average Bonchev–Trinajstić information content (AvgIpc) is 3.07. The molecule has 2 heterocycles. The number of halogens is 2. The molecule has 0 bridgehead atoms. The Kier molecular flexibility index (Phi) is 4.58. The highest BCUT2D eigenvalue weighted by molar-refractivity contribution is 6.31. The standard InChI is InChI=1S/C15H15ClFN3O3/c16-11-2-1-3-12(17)10(11)8-13(21)19-15(4-6-22-7-5-15)14-18-9-23-20-14/h1-3,9H,4-8H2,(H,19,21). The Bertz CT molecular complexity index is 667. The highest BCUT2D eigenvalue weighted by Crippen LogP contribution is 2.30. The van der Waals surface area contributed by atoms with Gasteiger partial charge in [-0.3, -0.25) is 4.79 Å². The Morgan fingerprint density at radius 1 is 1.39 bits per heavy atom. The number of hydrogen-bond acceptors (Lipinski definition) is 5. The molecule has 0 saturated carbocycles. The van der Waals surface area contributed by atoms with E-state index in [0.29, 0.717) is 31.9 Å². The van der Waals surface area contributed by atoms with E-state index >= 15 is 0 Å². The average molecular weight is 340 g/mol. The van der Waals surface area contributed by atoms with Gasteiger partial charge in [-0.2, -0.15) is 4.98 Å². The molecule has 1 N–H and O–H groups in total. The van der Waals surface area contributed by atoms with Crippen molar-refractivity contribution >= 4 is 17.5 Å². The van der Waals surface area contributed by atoms with Crippen molar-refractivity contribution in [1.29, 1.82) is 0 Å². The zero-order valence-electron chi connectivity index (χ0n) is 12.2. The lowest BCUT2D eigenvalue weighted by molar-refractivity contribution is -0.124. The fourth-order valence-corrected chi connectivity index (χ4v) is 2.91. The minimum atomic E-state index is -0.764. The molecule has 1 amide bonds. The number of carbonyl (C=O) groups excluding carboxylic acids is 1. The molecule has 23 heavy (non-hydrogen) atoms. The molecule has 1 saturated heterocycles. The van der Waals surface area contributed by atoms with Crippen molar-refractivity contribution in [3.63, 3.8) is 0 Å². The number of nitrogens with one attached hydrogen (secondary N) is 1. The summed E-state index contributed by atoms with van der Waals surface area (Å²) in [6, 6.07) is 4.33. The van der Waals surface area contributed by atoms with E-state index in [9.17, 15) is 9.18 Å². The van der Waals surface area contributed by atoms with E-state index in [1.54, 1.807) is 6.07 Å². The third kappa shape index (κ3) is 3.35. The van der Waals surface area contributed by atoms with Crippen LogP contribution in [0.3, 0.4) is 0 Å². The fourth-order valence-electron chi connectivity index (χ4n) is 2.68. The first-order valence-corrected chi connectivity index (χ1v) is 7.57. The van der Waals surface area contributed by atoms with Gasteiger partial charge in [0.15, 0.2) is 5.82 Å². The summed E-state index contributed by atoms with van der Waals surface area (Å²) in [6.07, 6.45) is 2.09. The SMILES string of the molecule is O=C(Cc1c(F)cccc1Cl)NC1(c2ncon2)CCOCC1. The smallest absolute Gasteiger partial charge is 0.225 e. The minimum Gasteiger partial charge on any atom is -0.381 e. The molecule has 1 aromatic heterocycles. The molecule has 0 radical (unpaired) electrons. The normalized spacial score (nSPS) is 17.0. The van der Waals surface area contributed by atoms with E-state index in [1.165, 1.54) is 18.5 Å². The van der Waals surface area contributed by atoms with E-state index < -0.39 is 11.4 Å². The van der Waals surface area contributed by atoms with Crippen molar-refractivity contribution in [2.75, 3.05) is 13.2 Å². The largest absolute Gasteiger partial charge is 0.381 e. The van der Waals surface area contributed by atoms with Crippen LogP contribution in [0.2, 0.25) is 5.02 Å². The number of hydrogen-bond donors (Lipinski definition) is 1. The molecule has 8 heteroatoms. The first-order chi connectivity index (χ1) is 11.1. The Morgan fingerprint density at radius 3 is 2.83 bits per heavy atom.